The summed E-state index contributed by atoms with van der Waals surface area (Å²) in [6, 6.07) is 14.1. The fourth-order valence-corrected chi connectivity index (χ4v) is 4.60. The van der Waals surface area contributed by atoms with Crippen LogP contribution in [0.1, 0.15) is 39.8 Å². The molecule has 202 valence electrons. The monoisotopic (exact) mass is 534 g/mol. The first-order chi connectivity index (χ1) is 19.1. The molecule has 3 N–H and O–H groups in total. The van der Waals surface area contributed by atoms with Gasteiger partial charge in [-0.2, -0.15) is 5.10 Å². The van der Waals surface area contributed by atoms with Crippen LogP contribution in [-0.4, -0.2) is 31.1 Å². The van der Waals surface area contributed by atoms with Gasteiger partial charge < -0.3 is 10.3 Å². The van der Waals surface area contributed by atoms with Crippen LogP contribution in [0, 0.1) is 11.2 Å². The van der Waals surface area contributed by atoms with Crippen LogP contribution in [0.15, 0.2) is 85.2 Å². The summed E-state index contributed by atoms with van der Waals surface area (Å²) in [5.74, 6) is -0.384. The van der Waals surface area contributed by atoms with Gasteiger partial charge in [0.05, 0.1) is 22.6 Å². The standard InChI is InChI=1S/C32H31FN6O/c1-6-19(16-22(7-2)35-28(40)18-32(3,4)5)24-11-12-26-30(37-24)31(39-38-26)27-17-23-25(36-27)13-14-34-29(23)20-9-8-10-21(33)15-20/h6-17,36H,2,18H2,1,3-5H3,(H,35,40)(H,38,39)/b19-6+,22-16+. The highest BCUT2D eigenvalue weighted by Gasteiger charge is 2.18. The molecule has 0 aliphatic rings. The van der Waals surface area contributed by atoms with E-state index < -0.39 is 0 Å². The number of hydrogen-bond acceptors (Lipinski definition) is 4. The minimum Gasteiger partial charge on any atom is -0.353 e. The lowest BCUT2D eigenvalue weighted by molar-refractivity contribution is -0.122. The van der Waals surface area contributed by atoms with Crippen LogP contribution in [0.4, 0.5) is 4.39 Å². The third kappa shape index (κ3) is 5.61. The van der Waals surface area contributed by atoms with Gasteiger partial charge in [0, 0.05) is 34.8 Å². The van der Waals surface area contributed by atoms with Crippen LogP contribution in [0.25, 0.3) is 50.2 Å². The van der Waals surface area contributed by atoms with Crippen LogP contribution in [0.2, 0.25) is 0 Å². The lowest BCUT2D eigenvalue weighted by atomic mass is 9.92. The van der Waals surface area contributed by atoms with Crippen LogP contribution in [0.3, 0.4) is 0 Å². The molecule has 1 amide bonds. The Kier molecular flexibility index (Phi) is 7.17. The number of nitrogens with zero attached hydrogens (tertiary/aromatic N) is 3. The van der Waals surface area contributed by atoms with Crippen LogP contribution in [0.5, 0.6) is 0 Å². The molecular weight excluding hydrogens is 503 g/mol. The maximum absolute atomic E-state index is 13.9. The van der Waals surface area contributed by atoms with Gasteiger partial charge in [0.25, 0.3) is 0 Å². The Hall–Kier alpha value is -4.85. The summed E-state index contributed by atoms with van der Waals surface area (Å²) >= 11 is 0. The summed E-state index contributed by atoms with van der Waals surface area (Å²) < 4.78 is 13.9. The number of carbonyl (C=O) groups is 1. The molecule has 4 heterocycles. The van der Waals surface area contributed by atoms with Gasteiger partial charge in [-0.3, -0.25) is 14.9 Å². The summed E-state index contributed by atoms with van der Waals surface area (Å²) in [5, 5.41) is 11.4. The van der Waals surface area contributed by atoms with E-state index in [1.807, 2.05) is 70.2 Å². The van der Waals surface area contributed by atoms with Gasteiger partial charge in [-0.1, -0.05) is 45.6 Å². The topological polar surface area (TPSA) is 99.3 Å². The number of halogens is 1. The Bertz CT molecular complexity index is 1800. The van der Waals surface area contributed by atoms with Gasteiger partial charge in [0.15, 0.2) is 0 Å². The zero-order valence-corrected chi connectivity index (χ0v) is 23.0. The summed E-state index contributed by atoms with van der Waals surface area (Å²) in [7, 11) is 0. The number of rotatable bonds is 7. The average molecular weight is 535 g/mol. The second-order valence-corrected chi connectivity index (χ2v) is 10.8. The minimum atomic E-state index is -0.315. The molecule has 0 radical (unpaired) electrons. The van der Waals surface area contributed by atoms with Crippen molar-refractivity contribution in [2.24, 2.45) is 5.41 Å². The van der Waals surface area contributed by atoms with Crippen molar-refractivity contribution in [2.45, 2.75) is 34.1 Å². The number of H-pyrrole nitrogens is 2. The molecule has 40 heavy (non-hydrogen) atoms. The van der Waals surface area contributed by atoms with Crippen molar-refractivity contribution in [2.75, 3.05) is 0 Å². The van der Waals surface area contributed by atoms with Crippen molar-refractivity contribution >= 4 is 33.4 Å². The number of allylic oxidation sites excluding steroid dienone is 4. The zero-order chi connectivity index (χ0) is 28.4. The SMILES string of the molecule is C=C/C(=C\C(=C/C)c1ccc2[nH]nc(-c3cc4c(-c5cccc(F)c5)nccc4[nH]3)c2n1)NC(=O)CC(C)(C)C. The van der Waals surface area contributed by atoms with E-state index in [1.165, 1.54) is 12.1 Å². The summed E-state index contributed by atoms with van der Waals surface area (Å²) in [4.78, 5) is 25.4. The fraction of sp³-hybridized carbons (Fsp3) is 0.188. The third-order valence-corrected chi connectivity index (χ3v) is 6.42. The number of amides is 1. The summed E-state index contributed by atoms with van der Waals surface area (Å²) in [6.45, 7) is 11.9. The number of carbonyl (C=O) groups excluding carboxylic acids is 1. The third-order valence-electron chi connectivity index (χ3n) is 6.42. The number of nitrogens with one attached hydrogen (secondary N) is 3. The molecule has 0 spiro atoms. The predicted octanol–water partition coefficient (Wildman–Crippen LogP) is 7.33. The average Bonchev–Trinajstić information content (AvgIpc) is 3.53. The van der Waals surface area contributed by atoms with Crippen LogP contribution >= 0.6 is 0 Å². The van der Waals surface area contributed by atoms with Crippen molar-refractivity contribution in [1.29, 1.82) is 0 Å². The number of aromatic nitrogens is 5. The number of benzene rings is 1. The normalized spacial score (nSPS) is 12.7. The molecule has 0 saturated carbocycles. The molecule has 0 fully saturated rings. The highest BCUT2D eigenvalue weighted by atomic mass is 19.1. The summed E-state index contributed by atoms with van der Waals surface area (Å²) in [6.07, 6.45) is 7.52. The zero-order valence-electron chi connectivity index (χ0n) is 23.0. The Morgan fingerprint density at radius 3 is 2.65 bits per heavy atom. The lowest BCUT2D eigenvalue weighted by Gasteiger charge is -2.17. The molecular formula is C32H31FN6O. The Labute approximate surface area is 232 Å². The highest BCUT2D eigenvalue weighted by molar-refractivity contribution is 5.99. The molecule has 0 aliphatic heterocycles. The van der Waals surface area contributed by atoms with Crippen molar-refractivity contribution in [1.82, 2.24) is 30.5 Å². The van der Waals surface area contributed by atoms with Crippen LogP contribution in [-0.2, 0) is 4.79 Å². The largest absolute Gasteiger partial charge is 0.353 e. The molecule has 4 aromatic heterocycles. The lowest BCUT2D eigenvalue weighted by Crippen LogP contribution is -2.26. The molecule has 5 aromatic rings. The van der Waals surface area contributed by atoms with Gasteiger partial charge >= 0.3 is 0 Å². The number of pyridine rings is 2. The molecule has 8 heteroatoms. The molecule has 0 saturated heterocycles. The van der Waals surface area contributed by atoms with E-state index in [0.717, 1.165) is 33.4 Å². The quantitative estimate of drug-likeness (QED) is 0.190. The van der Waals surface area contributed by atoms with Crippen LogP contribution < -0.4 is 5.32 Å². The van der Waals surface area contributed by atoms with E-state index in [1.54, 1.807) is 18.3 Å². The first-order valence-electron chi connectivity index (χ1n) is 13.0. The van der Waals surface area contributed by atoms with Crippen molar-refractivity contribution < 1.29 is 9.18 Å². The first-order valence-corrected chi connectivity index (χ1v) is 13.0. The minimum absolute atomic E-state index is 0.0689. The Morgan fingerprint density at radius 2 is 1.93 bits per heavy atom. The van der Waals surface area contributed by atoms with Crippen molar-refractivity contribution in [3.8, 4) is 22.6 Å². The Balaban J connectivity index is 1.52. The second-order valence-electron chi connectivity index (χ2n) is 10.8. The van der Waals surface area contributed by atoms with Gasteiger partial charge in [-0.15, -0.1) is 0 Å². The maximum Gasteiger partial charge on any atom is 0.224 e. The second kappa shape index (κ2) is 10.7. The van der Waals surface area contributed by atoms with Crippen molar-refractivity contribution in [3.05, 3.63) is 96.7 Å². The van der Waals surface area contributed by atoms with E-state index in [0.29, 0.717) is 34.6 Å². The van der Waals surface area contributed by atoms with E-state index in [-0.39, 0.29) is 17.1 Å². The van der Waals surface area contributed by atoms with Gasteiger partial charge in [0.2, 0.25) is 5.91 Å². The number of hydrogen-bond donors (Lipinski definition) is 3. The van der Waals surface area contributed by atoms with Crippen molar-refractivity contribution in [3.63, 3.8) is 0 Å². The molecule has 1 aromatic carbocycles. The Morgan fingerprint density at radius 1 is 1.10 bits per heavy atom. The molecule has 0 bridgehead atoms. The number of aromatic amines is 2. The molecule has 0 aliphatic carbocycles. The molecule has 7 nitrogen and oxygen atoms in total. The fourth-order valence-electron chi connectivity index (χ4n) is 4.60. The van der Waals surface area contributed by atoms with E-state index in [2.05, 4.69) is 32.1 Å². The smallest absolute Gasteiger partial charge is 0.224 e. The van der Waals surface area contributed by atoms with Gasteiger partial charge in [-0.25, -0.2) is 9.37 Å². The molecule has 0 atom stereocenters. The molecule has 0 unspecified atom stereocenters. The number of fused-ring (bicyclic) bond motifs is 2. The van der Waals surface area contributed by atoms with E-state index in [4.69, 9.17) is 4.98 Å². The predicted molar refractivity (Wildman–Crippen MR) is 159 cm³/mol. The van der Waals surface area contributed by atoms with E-state index in [9.17, 15) is 9.18 Å². The van der Waals surface area contributed by atoms with Gasteiger partial charge in [-0.05, 0) is 66.5 Å². The van der Waals surface area contributed by atoms with E-state index >= 15 is 0 Å². The maximum atomic E-state index is 13.9. The first kappa shape index (κ1) is 26.7. The highest BCUT2D eigenvalue weighted by Crippen LogP contribution is 2.33. The molecule has 5 rings (SSSR count). The summed E-state index contributed by atoms with van der Waals surface area (Å²) in [5.41, 5.74) is 7.14. The van der Waals surface area contributed by atoms with Gasteiger partial charge in [0.1, 0.15) is 17.0 Å².